The van der Waals surface area contributed by atoms with Crippen LogP contribution in [-0.4, -0.2) is 11.1 Å². The summed E-state index contributed by atoms with van der Waals surface area (Å²) < 4.78 is 13.7. The Balaban J connectivity index is 2.07. The van der Waals surface area contributed by atoms with Gasteiger partial charge in [-0.2, -0.15) is 0 Å². The zero-order chi connectivity index (χ0) is 15.7. The van der Waals surface area contributed by atoms with Crippen LogP contribution in [-0.2, 0) is 11.2 Å². The predicted octanol–water partition coefficient (Wildman–Crippen LogP) is 5.56. The molecule has 3 aromatic rings. The molecule has 0 spiro atoms. The van der Waals surface area contributed by atoms with E-state index in [0.29, 0.717) is 4.34 Å². The number of halogens is 2. The number of thiophene rings is 2. The van der Waals surface area contributed by atoms with Crippen molar-refractivity contribution in [3.8, 4) is 20.2 Å². The Kier molecular flexibility index (Phi) is 4.29. The van der Waals surface area contributed by atoms with Crippen molar-refractivity contribution in [1.29, 1.82) is 0 Å². The lowest BCUT2D eigenvalue weighted by Gasteiger charge is -1.97. The minimum atomic E-state index is -0.882. The molecule has 0 radical (unpaired) electrons. The highest BCUT2D eigenvalue weighted by Gasteiger charge is 2.16. The van der Waals surface area contributed by atoms with Crippen molar-refractivity contribution >= 4 is 40.2 Å². The summed E-state index contributed by atoms with van der Waals surface area (Å²) in [5.74, 6) is -1.18. The number of carboxylic acids is 1. The summed E-state index contributed by atoms with van der Waals surface area (Å²) in [7, 11) is 0. The van der Waals surface area contributed by atoms with E-state index in [-0.39, 0.29) is 12.2 Å². The SMILES string of the molecule is O=C(O)Cc1cc(-c2ccc(F)cc2)sc1-c1ccc(Cl)s1. The molecule has 2 aromatic heterocycles. The van der Waals surface area contributed by atoms with Gasteiger partial charge in [-0.3, -0.25) is 4.79 Å². The maximum atomic E-state index is 13.0. The van der Waals surface area contributed by atoms with E-state index in [1.165, 1.54) is 34.8 Å². The molecule has 0 bridgehead atoms. The maximum Gasteiger partial charge on any atom is 0.307 e. The van der Waals surface area contributed by atoms with Gasteiger partial charge in [0, 0.05) is 14.6 Å². The van der Waals surface area contributed by atoms with E-state index in [1.807, 2.05) is 12.1 Å². The van der Waals surface area contributed by atoms with E-state index in [4.69, 9.17) is 16.7 Å². The van der Waals surface area contributed by atoms with Crippen molar-refractivity contribution in [2.24, 2.45) is 0 Å². The molecule has 0 atom stereocenters. The van der Waals surface area contributed by atoms with Crippen LogP contribution in [0.3, 0.4) is 0 Å². The molecule has 1 aromatic carbocycles. The number of hydrogen-bond donors (Lipinski definition) is 1. The molecular formula is C16H10ClFO2S2. The average Bonchev–Trinajstić information content (AvgIpc) is 3.05. The van der Waals surface area contributed by atoms with Gasteiger partial charge in [0.25, 0.3) is 0 Å². The monoisotopic (exact) mass is 352 g/mol. The van der Waals surface area contributed by atoms with Crippen LogP contribution in [0, 0.1) is 5.82 Å². The smallest absolute Gasteiger partial charge is 0.307 e. The van der Waals surface area contributed by atoms with Crippen molar-refractivity contribution in [1.82, 2.24) is 0 Å². The molecule has 112 valence electrons. The lowest BCUT2D eigenvalue weighted by atomic mass is 10.1. The molecule has 3 rings (SSSR count). The summed E-state index contributed by atoms with van der Waals surface area (Å²) in [6.45, 7) is 0. The second kappa shape index (κ2) is 6.20. The van der Waals surface area contributed by atoms with Crippen molar-refractivity contribution in [3.63, 3.8) is 0 Å². The molecule has 0 amide bonds. The molecule has 0 unspecified atom stereocenters. The van der Waals surface area contributed by atoms with Crippen LogP contribution >= 0.6 is 34.3 Å². The van der Waals surface area contributed by atoms with Crippen LogP contribution in [0.2, 0.25) is 4.34 Å². The second-order valence-electron chi connectivity index (χ2n) is 4.65. The molecule has 2 heterocycles. The van der Waals surface area contributed by atoms with Crippen molar-refractivity contribution in [2.75, 3.05) is 0 Å². The minimum Gasteiger partial charge on any atom is -0.481 e. The molecule has 1 N–H and O–H groups in total. The van der Waals surface area contributed by atoms with Gasteiger partial charge in [-0.05, 0) is 41.5 Å². The molecule has 0 saturated carbocycles. The quantitative estimate of drug-likeness (QED) is 0.667. The van der Waals surface area contributed by atoms with E-state index in [2.05, 4.69) is 0 Å². The Morgan fingerprint density at radius 2 is 1.82 bits per heavy atom. The lowest BCUT2D eigenvalue weighted by molar-refractivity contribution is -0.136. The Morgan fingerprint density at radius 3 is 2.41 bits per heavy atom. The second-order valence-corrected chi connectivity index (χ2v) is 7.41. The highest BCUT2D eigenvalue weighted by atomic mass is 35.5. The van der Waals surface area contributed by atoms with Gasteiger partial charge in [-0.25, -0.2) is 4.39 Å². The van der Waals surface area contributed by atoms with Crippen LogP contribution in [0.25, 0.3) is 20.2 Å². The standard InChI is InChI=1S/C16H10ClFO2S2/c17-14-6-5-12(21-14)16-10(8-15(19)20)7-13(22-16)9-1-3-11(18)4-2-9/h1-7H,8H2,(H,19,20). The van der Waals surface area contributed by atoms with Gasteiger partial charge in [0.05, 0.1) is 10.8 Å². The summed E-state index contributed by atoms with van der Waals surface area (Å²) in [4.78, 5) is 13.8. The van der Waals surface area contributed by atoms with Gasteiger partial charge in [0.15, 0.2) is 0 Å². The fourth-order valence-electron chi connectivity index (χ4n) is 2.12. The molecule has 0 aliphatic heterocycles. The highest BCUT2D eigenvalue weighted by molar-refractivity contribution is 7.25. The Labute approximate surface area is 139 Å². The van der Waals surface area contributed by atoms with Gasteiger partial charge in [-0.1, -0.05) is 23.7 Å². The van der Waals surface area contributed by atoms with Gasteiger partial charge >= 0.3 is 5.97 Å². The first kappa shape index (κ1) is 15.2. The third-order valence-electron chi connectivity index (χ3n) is 3.08. The Bertz CT molecular complexity index is 821. The van der Waals surface area contributed by atoms with Gasteiger partial charge in [-0.15, -0.1) is 22.7 Å². The van der Waals surface area contributed by atoms with E-state index >= 15 is 0 Å². The molecular weight excluding hydrogens is 343 g/mol. The summed E-state index contributed by atoms with van der Waals surface area (Å²) >= 11 is 8.88. The van der Waals surface area contributed by atoms with E-state index in [9.17, 15) is 9.18 Å². The van der Waals surface area contributed by atoms with Crippen molar-refractivity contribution < 1.29 is 14.3 Å². The van der Waals surface area contributed by atoms with Gasteiger partial charge in [0.2, 0.25) is 0 Å². The summed E-state index contributed by atoms with van der Waals surface area (Å²) in [5.41, 5.74) is 1.61. The Hall–Kier alpha value is -1.69. The number of carboxylic acid groups (broad SMARTS) is 1. The van der Waals surface area contributed by atoms with E-state index in [0.717, 1.165) is 25.8 Å². The molecule has 6 heteroatoms. The molecule has 2 nitrogen and oxygen atoms in total. The van der Waals surface area contributed by atoms with Crippen LogP contribution in [0.5, 0.6) is 0 Å². The van der Waals surface area contributed by atoms with E-state index < -0.39 is 5.97 Å². The normalized spacial score (nSPS) is 10.8. The van der Waals surface area contributed by atoms with E-state index in [1.54, 1.807) is 18.2 Å². The average molecular weight is 353 g/mol. The Morgan fingerprint density at radius 1 is 1.09 bits per heavy atom. The largest absolute Gasteiger partial charge is 0.481 e. The molecule has 0 fully saturated rings. The zero-order valence-corrected chi connectivity index (χ0v) is 13.6. The first-order valence-electron chi connectivity index (χ1n) is 6.39. The molecule has 22 heavy (non-hydrogen) atoms. The van der Waals surface area contributed by atoms with Crippen LogP contribution < -0.4 is 0 Å². The van der Waals surface area contributed by atoms with Gasteiger partial charge in [0.1, 0.15) is 5.82 Å². The lowest BCUT2D eigenvalue weighted by Crippen LogP contribution is -1.99. The topological polar surface area (TPSA) is 37.3 Å². The minimum absolute atomic E-state index is 0.0530. The van der Waals surface area contributed by atoms with Crippen molar-refractivity contribution in [2.45, 2.75) is 6.42 Å². The number of hydrogen-bond acceptors (Lipinski definition) is 3. The summed E-state index contributed by atoms with van der Waals surface area (Å²) in [5, 5.41) is 9.09. The van der Waals surface area contributed by atoms with Crippen LogP contribution in [0.4, 0.5) is 4.39 Å². The first-order valence-corrected chi connectivity index (χ1v) is 8.40. The zero-order valence-electron chi connectivity index (χ0n) is 11.2. The van der Waals surface area contributed by atoms with Crippen LogP contribution in [0.1, 0.15) is 5.56 Å². The fraction of sp³-hybridized carbons (Fsp3) is 0.0625. The fourth-order valence-corrected chi connectivity index (χ4v) is 4.50. The predicted molar refractivity (Wildman–Crippen MR) is 89.4 cm³/mol. The molecule has 0 aliphatic rings. The number of benzene rings is 1. The highest BCUT2D eigenvalue weighted by Crippen LogP contribution is 2.42. The third kappa shape index (κ3) is 3.21. The summed E-state index contributed by atoms with van der Waals surface area (Å²) in [6, 6.07) is 11.7. The number of rotatable bonds is 4. The summed E-state index contributed by atoms with van der Waals surface area (Å²) in [6.07, 6.45) is -0.0530. The molecule has 0 aliphatic carbocycles. The van der Waals surface area contributed by atoms with Crippen LogP contribution in [0.15, 0.2) is 42.5 Å². The number of aliphatic carboxylic acids is 1. The van der Waals surface area contributed by atoms with Crippen molar-refractivity contribution in [3.05, 3.63) is 58.2 Å². The number of carbonyl (C=O) groups is 1. The van der Waals surface area contributed by atoms with Gasteiger partial charge < -0.3 is 5.11 Å². The molecule has 0 saturated heterocycles. The third-order valence-corrected chi connectivity index (χ3v) is 5.71. The maximum absolute atomic E-state index is 13.0. The first-order chi connectivity index (χ1) is 10.5.